The molecule has 1 N–H and O–H groups in total. The summed E-state index contributed by atoms with van der Waals surface area (Å²) in [6.45, 7) is 2.62. The number of amides is 2. The normalized spacial score (nSPS) is 14.1. The van der Waals surface area contributed by atoms with Crippen molar-refractivity contribution < 1.29 is 19.1 Å². The number of ether oxygens (including phenoxy) is 2. The molecule has 3 rings (SSSR count). The van der Waals surface area contributed by atoms with E-state index in [0.717, 1.165) is 5.56 Å². The van der Waals surface area contributed by atoms with Gasteiger partial charge in [0.15, 0.2) is 0 Å². The first-order chi connectivity index (χ1) is 12.7. The number of hydrogen-bond donors (Lipinski definition) is 1. The zero-order valence-corrected chi connectivity index (χ0v) is 14.7. The number of rotatable bonds is 5. The number of nitrogens with zero attached hydrogens (tertiary/aromatic N) is 1. The molecule has 1 fully saturated rings. The maximum absolute atomic E-state index is 12.8. The van der Waals surface area contributed by atoms with Crippen LogP contribution in [0.2, 0.25) is 0 Å². The first-order valence-corrected chi connectivity index (χ1v) is 8.54. The summed E-state index contributed by atoms with van der Waals surface area (Å²) in [7, 11) is 1.61. The number of nitrogens with one attached hydrogen (secondary N) is 1. The van der Waals surface area contributed by atoms with Gasteiger partial charge in [-0.15, -0.1) is 0 Å². The Morgan fingerprint density at radius 3 is 2.65 bits per heavy atom. The molecule has 0 aromatic heterocycles. The Morgan fingerprint density at radius 2 is 1.88 bits per heavy atom. The molecule has 6 nitrogen and oxygen atoms in total. The van der Waals surface area contributed by atoms with E-state index >= 15 is 0 Å². The van der Waals surface area contributed by atoms with Crippen LogP contribution in [-0.2, 0) is 16.1 Å². The highest BCUT2D eigenvalue weighted by Crippen LogP contribution is 2.19. The van der Waals surface area contributed by atoms with Crippen LogP contribution in [-0.4, -0.2) is 50.1 Å². The van der Waals surface area contributed by atoms with Crippen LogP contribution in [0.4, 0.5) is 5.69 Å². The fourth-order valence-corrected chi connectivity index (χ4v) is 2.88. The van der Waals surface area contributed by atoms with Gasteiger partial charge < -0.3 is 19.7 Å². The number of morpholine rings is 1. The van der Waals surface area contributed by atoms with Gasteiger partial charge in [-0.1, -0.05) is 24.3 Å². The van der Waals surface area contributed by atoms with Crippen LogP contribution < -0.4 is 5.32 Å². The SMILES string of the molecule is COCc1cccc(C(=O)Nc2ccccc2C(=O)N2CCOCC2)c1. The van der Waals surface area contributed by atoms with E-state index in [1.807, 2.05) is 12.1 Å². The Hall–Kier alpha value is -2.70. The Morgan fingerprint density at radius 1 is 1.12 bits per heavy atom. The second-order valence-corrected chi connectivity index (χ2v) is 6.04. The standard InChI is InChI=1S/C20H22N2O4/c1-25-14-15-5-4-6-16(13-15)19(23)21-18-8-3-2-7-17(18)20(24)22-9-11-26-12-10-22/h2-8,13H,9-12,14H2,1H3,(H,21,23). The van der Waals surface area contributed by atoms with Crippen molar-refractivity contribution in [2.24, 2.45) is 0 Å². The number of para-hydroxylation sites is 1. The summed E-state index contributed by atoms with van der Waals surface area (Å²) in [4.78, 5) is 27.1. The lowest BCUT2D eigenvalue weighted by Crippen LogP contribution is -2.41. The first-order valence-electron chi connectivity index (χ1n) is 8.54. The highest BCUT2D eigenvalue weighted by atomic mass is 16.5. The Labute approximate surface area is 152 Å². The molecule has 0 saturated carbocycles. The lowest BCUT2D eigenvalue weighted by atomic mass is 10.1. The van der Waals surface area contributed by atoms with E-state index in [2.05, 4.69) is 5.32 Å². The average Bonchev–Trinajstić information content (AvgIpc) is 2.69. The fourth-order valence-electron chi connectivity index (χ4n) is 2.88. The molecule has 2 aromatic carbocycles. The molecule has 2 aromatic rings. The van der Waals surface area contributed by atoms with Crippen LogP contribution in [0, 0.1) is 0 Å². The van der Waals surface area contributed by atoms with Gasteiger partial charge in [-0.05, 0) is 29.8 Å². The lowest BCUT2D eigenvalue weighted by Gasteiger charge is -2.27. The zero-order valence-electron chi connectivity index (χ0n) is 14.7. The number of carbonyl (C=O) groups excluding carboxylic acids is 2. The largest absolute Gasteiger partial charge is 0.380 e. The minimum atomic E-state index is -0.259. The molecule has 0 bridgehead atoms. The molecule has 136 valence electrons. The summed E-state index contributed by atoms with van der Waals surface area (Å²) in [5, 5.41) is 2.86. The van der Waals surface area contributed by atoms with Crippen LogP contribution in [0.1, 0.15) is 26.3 Å². The van der Waals surface area contributed by atoms with Crippen LogP contribution in [0.25, 0.3) is 0 Å². The summed E-state index contributed by atoms with van der Waals surface area (Å²) in [6, 6.07) is 14.3. The smallest absolute Gasteiger partial charge is 0.256 e. The molecule has 2 amide bonds. The lowest BCUT2D eigenvalue weighted by molar-refractivity contribution is 0.0303. The Bertz CT molecular complexity index is 785. The minimum Gasteiger partial charge on any atom is -0.380 e. The van der Waals surface area contributed by atoms with E-state index in [-0.39, 0.29) is 11.8 Å². The summed E-state index contributed by atoms with van der Waals surface area (Å²) in [5.74, 6) is -0.359. The van der Waals surface area contributed by atoms with Crippen molar-refractivity contribution in [2.75, 3.05) is 38.7 Å². The number of carbonyl (C=O) groups is 2. The maximum atomic E-state index is 12.8. The topological polar surface area (TPSA) is 67.9 Å². The van der Waals surface area contributed by atoms with Gasteiger partial charge in [0, 0.05) is 25.8 Å². The molecular weight excluding hydrogens is 332 g/mol. The highest BCUT2D eigenvalue weighted by Gasteiger charge is 2.21. The van der Waals surface area contributed by atoms with Gasteiger partial charge in [0.1, 0.15) is 0 Å². The molecule has 0 atom stereocenters. The molecule has 6 heteroatoms. The van der Waals surface area contributed by atoms with E-state index < -0.39 is 0 Å². The van der Waals surface area contributed by atoms with E-state index in [1.165, 1.54) is 0 Å². The Balaban J connectivity index is 1.78. The molecule has 1 aliphatic heterocycles. The molecule has 1 saturated heterocycles. The van der Waals surface area contributed by atoms with Gasteiger partial charge >= 0.3 is 0 Å². The fraction of sp³-hybridized carbons (Fsp3) is 0.300. The number of anilines is 1. The monoisotopic (exact) mass is 354 g/mol. The summed E-state index contributed by atoms with van der Waals surface area (Å²) >= 11 is 0. The number of methoxy groups -OCH3 is 1. The minimum absolute atomic E-state index is 0.0997. The highest BCUT2D eigenvalue weighted by molar-refractivity contribution is 6.09. The van der Waals surface area contributed by atoms with Crippen molar-refractivity contribution in [3.8, 4) is 0 Å². The van der Waals surface area contributed by atoms with Crippen LogP contribution in [0.15, 0.2) is 48.5 Å². The Kier molecular flexibility index (Phi) is 5.99. The third-order valence-corrected chi connectivity index (χ3v) is 4.20. The van der Waals surface area contributed by atoms with Crippen molar-refractivity contribution in [3.05, 3.63) is 65.2 Å². The average molecular weight is 354 g/mol. The summed E-state index contributed by atoms with van der Waals surface area (Å²) < 4.78 is 10.4. The number of benzene rings is 2. The molecule has 26 heavy (non-hydrogen) atoms. The first kappa shape index (κ1) is 18.1. The van der Waals surface area contributed by atoms with Crippen LogP contribution in [0.5, 0.6) is 0 Å². The van der Waals surface area contributed by atoms with E-state index in [9.17, 15) is 9.59 Å². The molecule has 0 unspecified atom stereocenters. The molecule has 0 radical (unpaired) electrons. The predicted molar refractivity (Wildman–Crippen MR) is 98.3 cm³/mol. The second-order valence-electron chi connectivity index (χ2n) is 6.04. The number of hydrogen-bond acceptors (Lipinski definition) is 4. The molecule has 1 aliphatic rings. The van der Waals surface area contributed by atoms with Gasteiger partial charge in [-0.25, -0.2) is 0 Å². The van der Waals surface area contributed by atoms with E-state index in [4.69, 9.17) is 9.47 Å². The van der Waals surface area contributed by atoms with E-state index in [0.29, 0.717) is 49.7 Å². The van der Waals surface area contributed by atoms with E-state index in [1.54, 1.807) is 48.4 Å². The van der Waals surface area contributed by atoms with Gasteiger partial charge in [-0.2, -0.15) is 0 Å². The maximum Gasteiger partial charge on any atom is 0.256 e. The molecule has 0 aliphatic carbocycles. The zero-order chi connectivity index (χ0) is 18.4. The molecular formula is C20H22N2O4. The van der Waals surface area contributed by atoms with Gasteiger partial charge in [0.25, 0.3) is 11.8 Å². The van der Waals surface area contributed by atoms with Crippen molar-refractivity contribution in [1.29, 1.82) is 0 Å². The predicted octanol–water partition coefficient (Wildman–Crippen LogP) is 2.56. The van der Waals surface area contributed by atoms with Crippen LogP contribution >= 0.6 is 0 Å². The van der Waals surface area contributed by atoms with Crippen molar-refractivity contribution >= 4 is 17.5 Å². The van der Waals surface area contributed by atoms with Gasteiger partial charge in [0.2, 0.25) is 0 Å². The molecule has 1 heterocycles. The third-order valence-electron chi connectivity index (χ3n) is 4.20. The summed E-state index contributed by atoms with van der Waals surface area (Å²) in [6.07, 6.45) is 0. The van der Waals surface area contributed by atoms with Gasteiger partial charge in [-0.3, -0.25) is 9.59 Å². The van der Waals surface area contributed by atoms with Crippen molar-refractivity contribution in [2.45, 2.75) is 6.61 Å². The van der Waals surface area contributed by atoms with Crippen molar-refractivity contribution in [1.82, 2.24) is 4.90 Å². The molecule has 0 spiro atoms. The van der Waals surface area contributed by atoms with Gasteiger partial charge in [0.05, 0.1) is 31.1 Å². The summed E-state index contributed by atoms with van der Waals surface area (Å²) in [5.41, 5.74) is 2.42. The quantitative estimate of drug-likeness (QED) is 0.896. The third kappa shape index (κ3) is 4.28. The van der Waals surface area contributed by atoms with Crippen LogP contribution in [0.3, 0.4) is 0 Å². The second kappa shape index (κ2) is 8.60. The van der Waals surface area contributed by atoms with Crippen molar-refractivity contribution in [3.63, 3.8) is 0 Å².